The molecule has 0 amide bonds. The van der Waals surface area contributed by atoms with Crippen LogP contribution in [-0.2, 0) is 6.54 Å². The topological polar surface area (TPSA) is 34.9 Å². The summed E-state index contributed by atoms with van der Waals surface area (Å²) in [6, 6.07) is 0. The summed E-state index contributed by atoms with van der Waals surface area (Å²) in [6.07, 6.45) is 11.3. The van der Waals surface area contributed by atoms with Gasteiger partial charge in [-0.25, -0.2) is 4.98 Å². The molecule has 0 unspecified atom stereocenters. The molecule has 1 aromatic rings. The van der Waals surface area contributed by atoms with Gasteiger partial charge in [-0.05, 0) is 19.3 Å². The van der Waals surface area contributed by atoms with Gasteiger partial charge in [0.05, 0.1) is 5.75 Å². The lowest BCUT2D eigenvalue weighted by atomic mass is 10.0. The molecule has 1 saturated carbocycles. The van der Waals surface area contributed by atoms with E-state index >= 15 is 0 Å². The molecule has 1 fully saturated rings. The lowest BCUT2D eigenvalue weighted by molar-refractivity contribution is 0.100. The fourth-order valence-electron chi connectivity index (χ4n) is 2.47. The third-order valence-corrected chi connectivity index (χ3v) is 4.80. The van der Waals surface area contributed by atoms with Crippen LogP contribution in [0.4, 0.5) is 0 Å². The van der Waals surface area contributed by atoms with E-state index < -0.39 is 0 Å². The van der Waals surface area contributed by atoms with Crippen molar-refractivity contribution < 1.29 is 4.79 Å². The van der Waals surface area contributed by atoms with Crippen LogP contribution >= 0.6 is 11.8 Å². The van der Waals surface area contributed by atoms with Crippen LogP contribution in [0.5, 0.6) is 0 Å². The lowest BCUT2D eigenvalue weighted by Gasteiger charge is -2.20. The predicted octanol–water partition coefficient (Wildman–Crippen LogP) is 3.54. The molecule has 0 radical (unpaired) electrons. The van der Waals surface area contributed by atoms with Gasteiger partial charge in [-0.15, -0.1) is 0 Å². The van der Waals surface area contributed by atoms with Crippen LogP contribution in [0.3, 0.4) is 0 Å². The minimum atomic E-state index is 0.184. The molecule has 1 aromatic heterocycles. The van der Waals surface area contributed by atoms with Crippen molar-refractivity contribution in [1.82, 2.24) is 9.55 Å². The number of ketones is 1. The predicted molar refractivity (Wildman–Crippen MR) is 76.2 cm³/mol. The summed E-state index contributed by atoms with van der Waals surface area (Å²) in [5.41, 5.74) is 0. The maximum absolute atomic E-state index is 12.1. The van der Waals surface area contributed by atoms with Gasteiger partial charge in [0, 0.05) is 24.2 Å². The Morgan fingerprint density at radius 1 is 1.44 bits per heavy atom. The lowest BCUT2D eigenvalue weighted by Crippen LogP contribution is -2.15. The molecule has 100 valence electrons. The molecule has 0 saturated heterocycles. The summed E-state index contributed by atoms with van der Waals surface area (Å²) in [7, 11) is 0. The highest BCUT2D eigenvalue weighted by Crippen LogP contribution is 2.28. The van der Waals surface area contributed by atoms with Crippen molar-refractivity contribution in [2.75, 3.05) is 5.75 Å². The Hall–Kier alpha value is -0.770. The van der Waals surface area contributed by atoms with E-state index in [9.17, 15) is 4.79 Å². The monoisotopic (exact) mass is 266 g/mol. The Balaban J connectivity index is 1.84. The van der Waals surface area contributed by atoms with E-state index in [1.54, 1.807) is 6.20 Å². The quantitative estimate of drug-likeness (QED) is 0.739. The Morgan fingerprint density at radius 3 is 2.94 bits per heavy atom. The number of aromatic nitrogens is 2. The Labute approximate surface area is 113 Å². The number of carbonyl (C=O) groups excluding carboxylic acids is 1. The number of hydrogen-bond donors (Lipinski definition) is 0. The minimum absolute atomic E-state index is 0.184. The van der Waals surface area contributed by atoms with Gasteiger partial charge in [-0.3, -0.25) is 4.79 Å². The Morgan fingerprint density at radius 2 is 2.22 bits per heavy atom. The van der Waals surface area contributed by atoms with Crippen molar-refractivity contribution in [2.24, 2.45) is 0 Å². The second-order valence-corrected chi connectivity index (χ2v) is 6.23. The minimum Gasteiger partial charge on any atom is -0.329 e. The number of imidazole rings is 1. The van der Waals surface area contributed by atoms with Gasteiger partial charge < -0.3 is 4.57 Å². The van der Waals surface area contributed by atoms with E-state index in [4.69, 9.17) is 0 Å². The third kappa shape index (κ3) is 3.61. The SMILES string of the molecule is CCCn1ccnc1C(=O)CSC1CCCCC1. The fraction of sp³-hybridized carbons (Fsp3) is 0.714. The number of thioether (sulfide) groups is 1. The molecule has 3 nitrogen and oxygen atoms in total. The molecule has 0 aromatic carbocycles. The van der Waals surface area contributed by atoms with Crippen LogP contribution in [0.2, 0.25) is 0 Å². The number of aryl methyl sites for hydroxylation is 1. The van der Waals surface area contributed by atoms with Crippen LogP contribution < -0.4 is 0 Å². The van der Waals surface area contributed by atoms with Gasteiger partial charge in [0.15, 0.2) is 5.82 Å². The fourth-order valence-corrected chi connectivity index (χ4v) is 3.66. The van der Waals surface area contributed by atoms with E-state index in [0.717, 1.165) is 13.0 Å². The first-order valence-corrected chi connectivity index (χ1v) is 8.02. The smallest absolute Gasteiger partial charge is 0.208 e. The number of rotatable bonds is 6. The van der Waals surface area contributed by atoms with Crippen molar-refractivity contribution in [3.8, 4) is 0 Å². The molecule has 18 heavy (non-hydrogen) atoms. The Bertz CT molecular complexity index is 383. The highest BCUT2D eigenvalue weighted by molar-refractivity contribution is 8.00. The highest BCUT2D eigenvalue weighted by atomic mass is 32.2. The molecule has 0 atom stereocenters. The van der Waals surface area contributed by atoms with Crippen LogP contribution in [0.1, 0.15) is 56.1 Å². The molecule has 1 aliphatic rings. The standard InChI is InChI=1S/C14H22N2OS/c1-2-9-16-10-8-15-14(16)13(17)11-18-12-6-4-3-5-7-12/h8,10,12H,2-7,9,11H2,1H3. The van der Waals surface area contributed by atoms with Gasteiger partial charge in [-0.1, -0.05) is 26.2 Å². The average molecular weight is 266 g/mol. The first kappa shape index (κ1) is 13.7. The molecule has 1 aliphatic carbocycles. The second kappa shape index (κ2) is 6.98. The summed E-state index contributed by atoms with van der Waals surface area (Å²) in [5.74, 6) is 1.41. The zero-order valence-electron chi connectivity index (χ0n) is 11.1. The van der Waals surface area contributed by atoms with Crippen LogP contribution in [0, 0.1) is 0 Å². The largest absolute Gasteiger partial charge is 0.329 e. The van der Waals surface area contributed by atoms with E-state index in [0.29, 0.717) is 16.8 Å². The van der Waals surface area contributed by atoms with Gasteiger partial charge >= 0.3 is 0 Å². The van der Waals surface area contributed by atoms with Crippen LogP contribution in [-0.4, -0.2) is 26.3 Å². The Kier molecular flexibility index (Phi) is 5.29. The van der Waals surface area contributed by atoms with Gasteiger partial charge in [0.25, 0.3) is 0 Å². The van der Waals surface area contributed by atoms with Crippen LogP contribution in [0.15, 0.2) is 12.4 Å². The molecule has 0 bridgehead atoms. The van der Waals surface area contributed by atoms with Crippen molar-refractivity contribution >= 4 is 17.5 Å². The number of hydrogen-bond acceptors (Lipinski definition) is 3. The van der Waals surface area contributed by atoms with E-state index in [2.05, 4.69) is 11.9 Å². The first-order chi connectivity index (χ1) is 8.81. The molecule has 4 heteroatoms. The van der Waals surface area contributed by atoms with Crippen molar-refractivity contribution in [3.63, 3.8) is 0 Å². The van der Waals surface area contributed by atoms with Gasteiger partial charge in [0.1, 0.15) is 0 Å². The van der Waals surface area contributed by atoms with E-state index in [1.807, 2.05) is 22.5 Å². The summed E-state index contributed by atoms with van der Waals surface area (Å²) in [5, 5.41) is 0.692. The molecule has 2 rings (SSSR count). The normalized spacial score (nSPS) is 16.9. The summed E-state index contributed by atoms with van der Waals surface area (Å²) >= 11 is 1.83. The first-order valence-electron chi connectivity index (χ1n) is 6.97. The highest BCUT2D eigenvalue weighted by Gasteiger charge is 2.18. The zero-order chi connectivity index (χ0) is 12.8. The van der Waals surface area contributed by atoms with Crippen molar-refractivity contribution in [1.29, 1.82) is 0 Å². The second-order valence-electron chi connectivity index (χ2n) is 4.94. The zero-order valence-corrected chi connectivity index (χ0v) is 11.9. The van der Waals surface area contributed by atoms with Gasteiger partial charge in [0.2, 0.25) is 5.78 Å². The van der Waals surface area contributed by atoms with Crippen LogP contribution in [0.25, 0.3) is 0 Å². The molecule has 0 N–H and O–H groups in total. The molecule has 1 heterocycles. The number of carbonyl (C=O) groups is 1. The molecular formula is C14H22N2OS. The molecule has 0 spiro atoms. The number of nitrogens with zero attached hydrogens (tertiary/aromatic N) is 2. The summed E-state index contributed by atoms with van der Waals surface area (Å²) in [4.78, 5) is 16.3. The third-order valence-electron chi connectivity index (χ3n) is 3.43. The maximum Gasteiger partial charge on any atom is 0.208 e. The van der Waals surface area contributed by atoms with Crippen molar-refractivity contribution in [3.05, 3.63) is 18.2 Å². The summed E-state index contributed by atoms with van der Waals surface area (Å²) in [6.45, 7) is 3.00. The van der Waals surface area contributed by atoms with Crippen molar-refractivity contribution in [2.45, 2.75) is 57.2 Å². The maximum atomic E-state index is 12.1. The molecule has 0 aliphatic heterocycles. The molecular weight excluding hydrogens is 244 g/mol. The van der Waals surface area contributed by atoms with E-state index in [-0.39, 0.29) is 5.78 Å². The average Bonchev–Trinajstić information content (AvgIpc) is 2.86. The van der Waals surface area contributed by atoms with Gasteiger partial charge in [-0.2, -0.15) is 11.8 Å². The van der Waals surface area contributed by atoms with E-state index in [1.165, 1.54) is 32.1 Å². The number of Topliss-reactive ketones (excluding diaryl/α,β-unsaturated/α-hetero) is 1. The summed E-state index contributed by atoms with van der Waals surface area (Å²) < 4.78 is 1.98.